The highest BCUT2D eigenvalue weighted by Crippen LogP contribution is 2.37. The van der Waals surface area contributed by atoms with E-state index in [9.17, 15) is 22.4 Å². The summed E-state index contributed by atoms with van der Waals surface area (Å²) in [4.78, 5) is 14.2. The van der Waals surface area contributed by atoms with E-state index in [-0.39, 0.29) is 30.2 Å². The molecule has 2 heterocycles. The molecule has 2 atom stereocenters. The van der Waals surface area contributed by atoms with Gasteiger partial charge in [-0.3, -0.25) is 4.90 Å². The number of alkyl halides is 3. The van der Waals surface area contributed by atoms with Gasteiger partial charge in [-0.05, 0) is 64.2 Å². The Morgan fingerprint density at radius 3 is 2.48 bits per heavy atom. The van der Waals surface area contributed by atoms with Crippen LogP contribution in [0.4, 0.5) is 22.4 Å². The number of carbonyl (C=O) groups is 1. The molecule has 0 N–H and O–H groups in total. The normalized spacial score (nSPS) is 22.6. The van der Waals surface area contributed by atoms with Gasteiger partial charge in [0.15, 0.2) is 0 Å². The Hall–Kier alpha value is -2.05. The van der Waals surface area contributed by atoms with Crippen LogP contribution in [0.2, 0.25) is 0 Å². The Labute approximate surface area is 156 Å². The lowest BCUT2D eigenvalue weighted by Gasteiger charge is -2.35. The first kappa shape index (κ1) is 19.7. The maximum absolute atomic E-state index is 14.1. The Kier molecular flexibility index (Phi) is 4.99. The van der Waals surface area contributed by atoms with Gasteiger partial charge in [-0.15, -0.1) is 0 Å². The van der Waals surface area contributed by atoms with Crippen LogP contribution in [0.1, 0.15) is 51.2 Å². The zero-order chi connectivity index (χ0) is 20.0. The molecule has 2 aliphatic rings. The predicted octanol–water partition coefficient (Wildman–Crippen LogP) is 5.49. The van der Waals surface area contributed by atoms with E-state index >= 15 is 0 Å². The van der Waals surface area contributed by atoms with E-state index in [1.165, 1.54) is 6.07 Å². The number of rotatable bonds is 2. The van der Waals surface area contributed by atoms with Crippen molar-refractivity contribution in [1.82, 2.24) is 4.90 Å². The van der Waals surface area contributed by atoms with Crippen molar-refractivity contribution in [3.8, 4) is 0 Å². The van der Waals surface area contributed by atoms with Crippen LogP contribution in [0.5, 0.6) is 0 Å². The molecule has 0 aromatic heterocycles. The smallest absolute Gasteiger partial charge is 0.416 e. The largest absolute Gasteiger partial charge is 0.444 e. The van der Waals surface area contributed by atoms with E-state index in [1.54, 1.807) is 4.90 Å². The number of amides is 1. The van der Waals surface area contributed by atoms with Crippen molar-refractivity contribution in [3.05, 3.63) is 46.8 Å². The molecule has 0 spiro atoms. The van der Waals surface area contributed by atoms with Gasteiger partial charge in [0.1, 0.15) is 11.4 Å². The average molecular weight is 385 g/mol. The molecular formula is C20H23F4NO2. The summed E-state index contributed by atoms with van der Waals surface area (Å²) in [6.45, 7) is 5.43. The second-order valence-electron chi connectivity index (χ2n) is 8.20. The van der Waals surface area contributed by atoms with Crippen LogP contribution in [0.3, 0.4) is 0 Å². The molecule has 27 heavy (non-hydrogen) atoms. The van der Waals surface area contributed by atoms with Gasteiger partial charge in [-0.2, -0.15) is 13.2 Å². The van der Waals surface area contributed by atoms with Gasteiger partial charge in [0.25, 0.3) is 0 Å². The van der Waals surface area contributed by atoms with E-state index < -0.39 is 23.2 Å². The van der Waals surface area contributed by atoms with E-state index in [2.05, 4.69) is 0 Å². The Morgan fingerprint density at radius 1 is 1.22 bits per heavy atom. The fourth-order valence-electron chi connectivity index (χ4n) is 3.76. The molecule has 2 aliphatic heterocycles. The molecule has 3 rings (SSSR count). The quantitative estimate of drug-likeness (QED) is 0.498. The van der Waals surface area contributed by atoms with Crippen molar-refractivity contribution in [2.24, 2.45) is 0 Å². The monoisotopic (exact) mass is 385 g/mol. The van der Waals surface area contributed by atoms with Crippen LogP contribution in [0, 0.1) is 5.82 Å². The van der Waals surface area contributed by atoms with Crippen molar-refractivity contribution in [3.63, 3.8) is 0 Å². The van der Waals surface area contributed by atoms with Gasteiger partial charge in [-0.25, -0.2) is 9.18 Å². The molecule has 0 radical (unpaired) electrons. The van der Waals surface area contributed by atoms with Gasteiger partial charge < -0.3 is 4.74 Å². The van der Waals surface area contributed by atoms with Crippen molar-refractivity contribution >= 4 is 6.09 Å². The standard InChI is InChI=1S/C20H23F4NO2/c1-19(2,3)27-18(26)25-15-6-7-16(25)10-12(9-15)8-13-4-5-14(11-17(13)21)20(22,23)24/h4-5,9,11,15-16H,6-8,10H2,1-3H3. The highest BCUT2D eigenvalue weighted by Gasteiger charge is 2.41. The average Bonchev–Trinajstić information content (AvgIpc) is 2.78. The molecule has 1 aromatic carbocycles. The molecule has 2 unspecified atom stereocenters. The predicted molar refractivity (Wildman–Crippen MR) is 92.7 cm³/mol. The van der Waals surface area contributed by atoms with Crippen LogP contribution in [0.25, 0.3) is 0 Å². The number of nitrogens with zero attached hydrogens (tertiary/aromatic N) is 1. The molecule has 2 bridgehead atoms. The minimum absolute atomic E-state index is 0.0117. The summed E-state index contributed by atoms with van der Waals surface area (Å²) in [5, 5.41) is 0. The molecule has 1 amide bonds. The number of benzene rings is 1. The van der Waals surface area contributed by atoms with E-state index in [0.717, 1.165) is 24.5 Å². The van der Waals surface area contributed by atoms with Gasteiger partial charge in [0.2, 0.25) is 0 Å². The fourth-order valence-corrected chi connectivity index (χ4v) is 3.76. The molecule has 0 saturated carbocycles. The lowest BCUT2D eigenvalue weighted by Crippen LogP contribution is -2.45. The summed E-state index contributed by atoms with van der Waals surface area (Å²) < 4.78 is 57.6. The van der Waals surface area contributed by atoms with E-state index in [0.29, 0.717) is 12.5 Å². The van der Waals surface area contributed by atoms with Crippen LogP contribution >= 0.6 is 0 Å². The van der Waals surface area contributed by atoms with Gasteiger partial charge in [0.05, 0.1) is 11.6 Å². The summed E-state index contributed by atoms with van der Waals surface area (Å²) in [5.74, 6) is -0.854. The Morgan fingerprint density at radius 2 is 1.93 bits per heavy atom. The second-order valence-corrected chi connectivity index (χ2v) is 8.20. The third-order valence-corrected chi connectivity index (χ3v) is 4.87. The van der Waals surface area contributed by atoms with Crippen LogP contribution < -0.4 is 0 Å². The van der Waals surface area contributed by atoms with Crippen LogP contribution in [0.15, 0.2) is 29.8 Å². The van der Waals surface area contributed by atoms with Crippen LogP contribution in [-0.4, -0.2) is 28.7 Å². The summed E-state index contributed by atoms with van der Waals surface area (Å²) >= 11 is 0. The number of carbonyl (C=O) groups excluding carboxylic acids is 1. The number of ether oxygens (including phenoxy) is 1. The summed E-state index contributed by atoms with van der Waals surface area (Å²) in [5.41, 5.74) is -0.387. The van der Waals surface area contributed by atoms with Gasteiger partial charge in [-0.1, -0.05) is 17.7 Å². The minimum Gasteiger partial charge on any atom is -0.444 e. The number of hydrogen-bond donors (Lipinski definition) is 0. The molecule has 148 valence electrons. The topological polar surface area (TPSA) is 29.5 Å². The number of hydrogen-bond acceptors (Lipinski definition) is 2. The Bertz CT molecular complexity index is 764. The third kappa shape index (κ3) is 4.45. The first-order valence-electron chi connectivity index (χ1n) is 9.00. The van der Waals surface area contributed by atoms with Gasteiger partial charge >= 0.3 is 12.3 Å². The van der Waals surface area contributed by atoms with Crippen molar-refractivity contribution in [2.45, 2.75) is 70.3 Å². The third-order valence-electron chi connectivity index (χ3n) is 4.87. The molecular weight excluding hydrogens is 362 g/mol. The first-order valence-corrected chi connectivity index (χ1v) is 9.00. The summed E-state index contributed by atoms with van der Waals surface area (Å²) in [6.07, 6.45) is -0.510. The number of fused-ring (bicyclic) bond motifs is 2. The molecule has 3 nitrogen and oxygen atoms in total. The van der Waals surface area contributed by atoms with E-state index in [1.807, 2.05) is 26.8 Å². The molecule has 1 fully saturated rings. The zero-order valence-corrected chi connectivity index (χ0v) is 15.6. The SMILES string of the molecule is CC(C)(C)OC(=O)N1C2C=C(Cc3ccc(C(F)(F)F)cc3F)CC1CC2. The maximum atomic E-state index is 14.1. The lowest BCUT2D eigenvalue weighted by molar-refractivity contribution is -0.137. The number of halogens is 4. The first-order chi connectivity index (χ1) is 12.4. The van der Waals surface area contributed by atoms with Crippen molar-refractivity contribution in [1.29, 1.82) is 0 Å². The molecule has 0 aliphatic carbocycles. The van der Waals surface area contributed by atoms with E-state index in [4.69, 9.17) is 4.74 Å². The zero-order valence-electron chi connectivity index (χ0n) is 15.6. The minimum atomic E-state index is -4.56. The molecule has 1 saturated heterocycles. The van der Waals surface area contributed by atoms with Gasteiger partial charge in [0, 0.05) is 6.04 Å². The Balaban J connectivity index is 1.74. The fraction of sp³-hybridized carbons (Fsp3) is 0.550. The lowest BCUT2D eigenvalue weighted by atomic mass is 9.94. The second kappa shape index (κ2) is 6.84. The highest BCUT2D eigenvalue weighted by molar-refractivity contribution is 5.70. The maximum Gasteiger partial charge on any atom is 0.416 e. The van der Waals surface area contributed by atoms with Crippen LogP contribution in [-0.2, 0) is 17.3 Å². The van der Waals surface area contributed by atoms with Crippen molar-refractivity contribution in [2.75, 3.05) is 0 Å². The summed E-state index contributed by atoms with van der Waals surface area (Å²) in [6, 6.07) is 2.53. The molecule has 1 aromatic rings. The summed E-state index contributed by atoms with van der Waals surface area (Å²) in [7, 11) is 0. The van der Waals surface area contributed by atoms with Crippen molar-refractivity contribution < 1.29 is 27.1 Å². The highest BCUT2D eigenvalue weighted by atomic mass is 19.4. The molecule has 7 heteroatoms.